The molecule has 0 aliphatic heterocycles. The normalized spacial score (nSPS) is 19.2. The lowest BCUT2D eigenvalue weighted by molar-refractivity contribution is 0.200. The van der Waals surface area contributed by atoms with E-state index in [0.717, 1.165) is 17.2 Å². The maximum absolute atomic E-state index is 9.67. The Balaban J connectivity index is 2.01. The fraction of sp³-hybridized carbons (Fsp3) is 0.571. The number of rotatable bonds is 5. The highest BCUT2D eigenvalue weighted by Gasteiger charge is 2.23. The maximum atomic E-state index is 9.67. The molecule has 0 saturated heterocycles. The van der Waals surface area contributed by atoms with Crippen molar-refractivity contribution in [2.24, 2.45) is 5.92 Å². The zero-order valence-corrected chi connectivity index (χ0v) is 10.1. The van der Waals surface area contributed by atoms with Gasteiger partial charge in [0.25, 0.3) is 0 Å². The van der Waals surface area contributed by atoms with Gasteiger partial charge in [-0.15, -0.1) is 0 Å². The molecule has 1 aliphatic carbocycles. The topological polar surface area (TPSA) is 32.3 Å². The molecule has 0 bridgehead atoms. The minimum atomic E-state index is -0.406. The van der Waals surface area contributed by atoms with Crippen LogP contribution in [0, 0.1) is 5.92 Å². The van der Waals surface area contributed by atoms with Crippen molar-refractivity contribution < 1.29 is 5.11 Å². The summed E-state index contributed by atoms with van der Waals surface area (Å²) in [6.07, 6.45) is 3.62. The molecule has 2 unspecified atom stereocenters. The van der Waals surface area contributed by atoms with Crippen LogP contribution < -0.4 is 5.32 Å². The van der Waals surface area contributed by atoms with E-state index in [9.17, 15) is 5.11 Å². The van der Waals surface area contributed by atoms with Gasteiger partial charge in [-0.1, -0.05) is 31.0 Å². The predicted molar refractivity (Wildman–Crippen MR) is 67.5 cm³/mol. The molecule has 1 aliphatic rings. The van der Waals surface area contributed by atoms with Crippen LogP contribution in [0.5, 0.6) is 0 Å². The van der Waals surface area contributed by atoms with Crippen molar-refractivity contribution in [3.63, 3.8) is 0 Å². The second-order valence-corrected chi connectivity index (χ2v) is 4.99. The number of aliphatic hydroxyl groups excluding tert-OH is 1. The van der Waals surface area contributed by atoms with Gasteiger partial charge in [0.2, 0.25) is 0 Å². The van der Waals surface area contributed by atoms with E-state index in [1.165, 1.54) is 19.3 Å². The first-order valence-corrected chi connectivity index (χ1v) is 6.20. The van der Waals surface area contributed by atoms with Crippen molar-refractivity contribution in [3.05, 3.63) is 29.8 Å². The van der Waals surface area contributed by atoms with Gasteiger partial charge in [-0.2, -0.15) is 0 Å². The monoisotopic (exact) mass is 219 g/mol. The van der Waals surface area contributed by atoms with E-state index in [1.54, 1.807) is 0 Å². The van der Waals surface area contributed by atoms with Gasteiger partial charge >= 0.3 is 0 Å². The standard InChI is InChI=1S/C14H21NO/c1-10(9-12-7-8-12)15-14-6-4-3-5-13(14)11(2)16/h3-6,10-12,15-16H,7-9H2,1-2H3. The van der Waals surface area contributed by atoms with E-state index in [-0.39, 0.29) is 0 Å². The number of nitrogens with one attached hydrogen (secondary N) is 1. The van der Waals surface area contributed by atoms with Gasteiger partial charge in [-0.05, 0) is 32.3 Å². The van der Waals surface area contributed by atoms with Gasteiger partial charge < -0.3 is 10.4 Å². The van der Waals surface area contributed by atoms with Crippen molar-refractivity contribution >= 4 is 5.69 Å². The minimum Gasteiger partial charge on any atom is -0.389 e. The van der Waals surface area contributed by atoms with Gasteiger partial charge in [0.15, 0.2) is 0 Å². The highest BCUT2D eigenvalue weighted by atomic mass is 16.3. The molecule has 0 amide bonds. The third kappa shape index (κ3) is 2.99. The summed E-state index contributed by atoms with van der Waals surface area (Å²) >= 11 is 0. The number of hydrogen-bond donors (Lipinski definition) is 2. The molecule has 16 heavy (non-hydrogen) atoms. The van der Waals surface area contributed by atoms with Crippen molar-refractivity contribution in [2.75, 3.05) is 5.32 Å². The average Bonchev–Trinajstić information content (AvgIpc) is 3.02. The second kappa shape index (κ2) is 4.88. The number of anilines is 1. The van der Waals surface area contributed by atoms with Crippen LogP contribution in [0.4, 0.5) is 5.69 Å². The fourth-order valence-electron chi connectivity index (χ4n) is 2.17. The summed E-state index contributed by atoms with van der Waals surface area (Å²) in [5.74, 6) is 0.932. The van der Waals surface area contributed by atoms with Gasteiger partial charge in [0.1, 0.15) is 0 Å². The van der Waals surface area contributed by atoms with Crippen molar-refractivity contribution in [1.82, 2.24) is 0 Å². The van der Waals surface area contributed by atoms with E-state index >= 15 is 0 Å². The summed E-state index contributed by atoms with van der Waals surface area (Å²) in [6.45, 7) is 4.03. The van der Waals surface area contributed by atoms with Crippen LogP contribution in [-0.4, -0.2) is 11.1 Å². The lowest BCUT2D eigenvalue weighted by Crippen LogP contribution is -2.17. The quantitative estimate of drug-likeness (QED) is 0.796. The molecule has 0 radical (unpaired) electrons. The summed E-state index contributed by atoms with van der Waals surface area (Å²) in [5, 5.41) is 13.2. The first-order valence-electron chi connectivity index (χ1n) is 6.20. The van der Waals surface area contributed by atoms with Gasteiger partial charge in [-0.25, -0.2) is 0 Å². The summed E-state index contributed by atoms with van der Waals surface area (Å²) in [5.41, 5.74) is 2.07. The first-order chi connectivity index (χ1) is 7.66. The SMILES string of the molecule is CC(CC1CC1)Nc1ccccc1C(C)O. The summed E-state index contributed by atoms with van der Waals surface area (Å²) in [6, 6.07) is 8.51. The average molecular weight is 219 g/mol. The smallest absolute Gasteiger partial charge is 0.0781 e. The molecule has 0 spiro atoms. The van der Waals surface area contributed by atoms with Crippen LogP contribution in [0.25, 0.3) is 0 Å². The van der Waals surface area contributed by atoms with Gasteiger partial charge in [0, 0.05) is 17.3 Å². The van der Waals surface area contributed by atoms with Crippen molar-refractivity contribution in [3.8, 4) is 0 Å². The number of aliphatic hydroxyl groups is 1. The summed E-state index contributed by atoms with van der Waals surface area (Å²) < 4.78 is 0. The largest absolute Gasteiger partial charge is 0.389 e. The Labute approximate surface area is 97.7 Å². The summed E-state index contributed by atoms with van der Waals surface area (Å²) in [4.78, 5) is 0. The predicted octanol–water partition coefficient (Wildman–Crippen LogP) is 3.34. The lowest BCUT2D eigenvalue weighted by Gasteiger charge is -2.19. The Morgan fingerprint density at radius 3 is 2.62 bits per heavy atom. The lowest BCUT2D eigenvalue weighted by atomic mass is 10.1. The Hall–Kier alpha value is -1.02. The Morgan fingerprint density at radius 1 is 1.31 bits per heavy atom. The molecule has 2 nitrogen and oxygen atoms in total. The molecular formula is C14H21NO. The molecule has 2 rings (SSSR count). The molecule has 1 aromatic rings. The minimum absolute atomic E-state index is 0.406. The molecular weight excluding hydrogens is 198 g/mol. The van der Waals surface area contributed by atoms with E-state index in [1.807, 2.05) is 31.2 Å². The van der Waals surface area contributed by atoms with Crippen LogP contribution in [0.2, 0.25) is 0 Å². The zero-order chi connectivity index (χ0) is 11.5. The molecule has 1 saturated carbocycles. The molecule has 0 aromatic heterocycles. The van der Waals surface area contributed by atoms with Crippen LogP contribution in [0.1, 0.15) is 44.8 Å². The molecule has 1 fully saturated rings. The van der Waals surface area contributed by atoms with Crippen LogP contribution in [0.3, 0.4) is 0 Å². The molecule has 2 N–H and O–H groups in total. The third-order valence-electron chi connectivity index (χ3n) is 3.20. The molecule has 1 aromatic carbocycles. The first kappa shape index (κ1) is 11.5. The van der Waals surface area contributed by atoms with Crippen LogP contribution in [-0.2, 0) is 0 Å². The van der Waals surface area contributed by atoms with Gasteiger partial charge in [0.05, 0.1) is 6.10 Å². The molecule has 88 valence electrons. The molecule has 0 heterocycles. The Bertz CT molecular complexity index is 344. The Morgan fingerprint density at radius 2 is 2.00 bits per heavy atom. The highest BCUT2D eigenvalue weighted by Crippen LogP contribution is 2.34. The number of para-hydroxylation sites is 1. The number of benzene rings is 1. The zero-order valence-electron chi connectivity index (χ0n) is 10.1. The summed E-state index contributed by atoms with van der Waals surface area (Å²) in [7, 11) is 0. The maximum Gasteiger partial charge on any atom is 0.0781 e. The van der Waals surface area contributed by atoms with E-state index in [4.69, 9.17) is 0 Å². The van der Waals surface area contributed by atoms with Crippen LogP contribution in [0.15, 0.2) is 24.3 Å². The second-order valence-electron chi connectivity index (χ2n) is 4.99. The van der Waals surface area contributed by atoms with E-state index in [0.29, 0.717) is 6.04 Å². The Kier molecular flexibility index (Phi) is 3.49. The molecule has 2 atom stereocenters. The van der Waals surface area contributed by atoms with Gasteiger partial charge in [-0.3, -0.25) is 0 Å². The highest BCUT2D eigenvalue weighted by molar-refractivity contribution is 5.52. The fourth-order valence-corrected chi connectivity index (χ4v) is 2.17. The third-order valence-corrected chi connectivity index (χ3v) is 3.20. The number of hydrogen-bond acceptors (Lipinski definition) is 2. The van der Waals surface area contributed by atoms with Crippen LogP contribution >= 0.6 is 0 Å². The molecule has 2 heteroatoms. The van der Waals surface area contributed by atoms with Crippen molar-refractivity contribution in [1.29, 1.82) is 0 Å². The van der Waals surface area contributed by atoms with E-state index in [2.05, 4.69) is 12.2 Å². The van der Waals surface area contributed by atoms with Crippen molar-refractivity contribution in [2.45, 2.75) is 45.3 Å². The van der Waals surface area contributed by atoms with E-state index < -0.39 is 6.10 Å².